The number of hydrogen-bond donors (Lipinski definition) is 3. The molecule has 1 heterocycles. The fourth-order valence-electron chi connectivity index (χ4n) is 2.53. The summed E-state index contributed by atoms with van der Waals surface area (Å²) in [5.74, 6) is -0.948. The molecule has 0 aliphatic heterocycles. The topological polar surface area (TPSA) is 95.1 Å². The summed E-state index contributed by atoms with van der Waals surface area (Å²) in [5.41, 5.74) is 3.33. The molecule has 2 aromatic rings. The van der Waals surface area contributed by atoms with Gasteiger partial charge in [0.1, 0.15) is 0 Å². The predicted octanol–water partition coefficient (Wildman–Crippen LogP) is 3.62. The summed E-state index contributed by atoms with van der Waals surface area (Å²) in [5, 5.41) is 18.9. The first-order chi connectivity index (χ1) is 10.9. The number of rotatable bonds is 4. The Bertz CT molecular complexity index is 809. The number of aromatic carboxylic acids is 1. The van der Waals surface area contributed by atoms with Crippen molar-refractivity contribution in [2.45, 2.75) is 32.6 Å². The van der Waals surface area contributed by atoms with Crippen LogP contribution in [0.1, 0.15) is 56.4 Å². The van der Waals surface area contributed by atoms with Crippen LogP contribution in [0.5, 0.6) is 0 Å². The molecule has 0 bridgehead atoms. The molecule has 0 radical (unpaired) electrons. The highest BCUT2D eigenvalue weighted by Crippen LogP contribution is 2.43. The second-order valence-corrected chi connectivity index (χ2v) is 6.61. The molecule has 1 aliphatic carbocycles. The van der Waals surface area contributed by atoms with Gasteiger partial charge in [0.05, 0.1) is 15.7 Å². The van der Waals surface area contributed by atoms with Gasteiger partial charge in [0, 0.05) is 11.6 Å². The van der Waals surface area contributed by atoms with Crippen LogP contribution in [0.25, 0.3) is 0 Å². The number of hydrogen-bond acceptors (Lipinski definition) is 3. The Kier molecular flexibility index (Phi) is 3.97. The quantitative estimate of drug-likeness (QED) is 0.757. The van der Waals surface area contributed by atoms with Crippen LogP contribution in [-0.4, -0.2) is 27.2 Å². The summed E-state index contributed by atoms with van der Waals surface area (Å²) in [4.78, 5) is 23.7. The molecule has 120 valence electrons. The minimum Gasteiger partial charge on any atom is -0.478 e. The molecule has 1 aliphatic rings. The molecule has 23 heavy (non-hydrogen) atoms. The number of amides is 1. The average Bonchev–Trinajstić information content (AvgIpc) is 3.24. The number of nitrogens with one attached hydrogen (secondary N) is 2. The van der Waals surface area contributed by atoms with Crippen molar-refractivity contribution in [3.8, 4) is 0 Å². The molecule has 0 unspecified atom stereocenters. The van der Waals surface area contributed by atoms with Gasteiger partial charge in [-0.15, -0.1) is 0 Å². The number of carbonyl (C=O) groups is 2. The lowest BCUT2D eigenvalue weighted by Crippen LogP contribution is -2.15. The van der Waals surface area contributed by atoms with Crippen LogP contribution in [-0.2, 0) is 0 Å². The van der Waals surface area contributed by atoms with E-state index in [9.17, 15) is 14.7 Å². The normalized spacial score (nSPS) is 13.9. The highest BCUT2D eigenvalue weighted by molar-refractivity contribution is 9.10. The lowest BCUT2D eigenvalue weighted by Gasteiger charge is -2.11. The fourth-order valence-corrected chi connectivity index (χ4v) is 3.21. The van der Waals surface area contributed by atoms with E-state index in [1.165, 1.54) is 6.07 Å². The summed E-state index contributed by atoms with van der Waals surface area (Å²) in [7, 11) is 0. The van der Waals surface area contributed by atoms with E-state index in [0.29, 0.717) is 21.6 Å². The molecular weight excluding hydrogens is 362 g/mol. The number of H-pyrrole nitrogens is 1. The zero-order chi connectivity index (χ0) is 16.7. The van der Waals surface area contributed by atoms with Crippen molar-refractivity contribution in [1.29, 1.82) is 0 Å². The van der Waals surface area contributed by atoms with Crippen molar-refractivity contribution in [3.05, 3.63) is 44.7 Å². The van der Waals surface area contributed by atoms with Crippen molar-refractivity contribution in [3.63, 3.8) is 0 Å². The van der Waals surface area contributed by atoms with E-state index in [2.05, 4.69) is 31.4 Å². The van der Waals surface area contributed by atoms with Crippen LogP contribution in [0.2, 0.25) is 0 Å². The first kappa shape index (κ1) is 15.7. The summed E-state index contributed by atoms with van der Waals surface area (Å²) in [6.07, 6.45) is 2.20. The number of aryl methyl sites for hydroxylation is 2. The van der Waals surface area contributed by atoms with E-state index in [1.807, 2.05) is 6.92 Å². The number of benzene rings is 1. The maximum absolute atomic E-state index is 12.4. The molecule has 6 nitrogen and oxygen atoms in total. The van der Waals surface area contributed by atoms with Gasteiger partial charge >= 0.3 is 5.97 Å². The molecule has 3 N–H and O–H groups in total. The third-order valence-electron chi connectivity index (χ3n) is 3.98. The summed E-state index contributed by atoms with van der Waals surface area (Å²) < 4.78 is 0.681. The average molecular weight is 378 g/mol. The molecule has 3 rings (SSSR count). The van der Waals surface area contributed by atoms with Gasteiger partial charge in [0.15, 0.2) is 5.69 Å². The third kappa shape index (κ3) is 3.01. The minimum absolute atomic E-state index is 0.172. The summed E-state index contributed by atoms with van der Waals surface area (Å²) >= 11 is 3.42. The highest BCUT2D eigenvalue weighted by Gasteiger charge is 2.30. The molecule has 1 amide bonds. The lowest BCUT2D eigenvalue weighted by molar-refractivity contribution is 0.0695. The number of carboxylic acid groups (broad SMARTS) is 1. The Balaban J connectivity index is 1.88. The second kappa shape index (κ2) is 5.81. The maximum atomic E-state index is 12.4. The Morgan fingerprint density at radius 2 is 2.00 bits per heavy atom. The SMILES string of the molecule is Cc1cc(C)c(C(=O)O)cc1NC(=O)c1n[nH]c(C2CC2)c1Br. The number of carbonyl (C=O) groups excluding carboxylic acids is 1. The van der Waals surface area contributed by atoms with Gasteiger partial charge in [-0.2, -0.15) is 5.10 Å². The molecule has 0 atom stereocenters. The van der Waals surface area contributed by atoms with E-state index in [4.69, 9.17) is 0 Å². The number of aromatic amines is 1. The summed E-state index contributed by atoms with van der Waals surface area (Å²) in [6.45, 7) is 3.55. The largest absolute Gasteiger partial charge is 0.478 e. The minimum atomic E-state index is -1.02. The van der Waals surface area contributed by atoms with Crippen LogP contribution >= 0.6 is 15.9 Å². The Labute approximate surface area is 141 Å². The second-order valence-electron chi connectivity index (χ2n) is 5.82. The van der Waals surface area contributed by atoms with Crippen LogP contribution in [0.3, 0.4) is 0 Å². The van der Waals surface area contributed by atoms with Gasteiger partial charge in [-0.25, -0.2) is 4.79 Å². The van der Waals surface area contributed by atoms with E-state index in [1.54, 1.807) is 13.0 Å². The van der Waals surface area contributed by atoms with Gasteiger partial charge in [0.2, 0.25) is 0 Å². The highest BCUT2D eigenvalue weighted by atomic mass is 79.9. The van der Waals surface area contributed by atoms with Gasteiger partial charge in [0.25, 0.3) is 5.91 Å². The number of halogens is 1. The number of aromatic nitrogens is 2. The molecule has 1 saturated carbocycles. The zero-order valence-electron chi connectivity index (χ0n) is 12.7. The van der Waals surface area contributed by atoms with Crippen LogP contribution in [0.4, 0.5) is 5.69 Å². The molecule has 7 heteroatoms. The van der Waals surface area contributed by atoms with Crippen molar-refractivity contribution in [2.75, 3.05) is 5.32 Å². The lowest BCUT2D eigenvalue weighted by atomic mass is 10.0. The predicted molar refractivity (Wildman–Crippen MR) is 89.1 cm³/mol. The van der Waals surface area contributed by atoms with Crippen LogP contribution in [0.15, 0.2) is 16.6 Å². The standard InChI is InChI=1S/C16H16BrN3O3/c1-7-5-8(2)11(6-10(7)16(22)23)18-15(21)14-12(17)13(19-20-14)9-3-4-9/h5-6,9H,3-4H2,1-2H3,(H,18,21)(H,19,20)(H,22,23). The van der Waals surface area contributed by atoms with Crippen molar-refractivity contribution in [1.82, 2.24) is 10.2 Å². The van der Waals surface area contributed by atoms with E-state index >= 15 is 0 Å². The first-order valence-electron chi connectivity index (χ1n) is 7.28. The number of nitrogens with zero attached hydrogens (tertiary/aromatic N) is 1. The molecule has 0 spiro atoms. The smallest absolute Gasteiger partial charge is 0.336 e. The van der Waals surface area contributed by atoms with Crippen molar-refractivity contribution in [2.24, 2.45) is 0 Å². The Morgan fingerprint density at radius 1 is 1.30 bits per heavy atom. The van der Waals surface area contributed by atoms with E-state index in [0.717, 1.165) is 24.1 Å². The molecule has 1 aromatic carbocycles. The number of carboxylic acids is 1. The van der Waals surface area contributed by atoms with Gasteiger partial charge < -0.3 is 10.4 Å². The summed E-state index contributed by atoms with van der Waals surface area (Å²) in [6, 6.07) is 3.22. The molecule has 1 aromatic heterocycles. The van der Waals surface area contributed by atoms with E-state index < -0.39 is 5.97 Å². The Hall–Kier alpha value is -2.15. The fraction of sp³-hybridized carbons (Fsp3) is 0.312. The molecule has 1 fully saturated rings. The maximum Gasteiger partial charge on any atom is 0.336 e. The van der Waals surface area contributed by atoms with Gasteiger partial charge in [-0.3, -0.25) is 9.89 Å². The van der Waals surface area contributed by atoms with Gasteiger partial charge in [-0.05, 0) is 59.8 Å². The molecule has 0 saturated heterocycles. The van der Waals surface area contributed by atoms with Crippen molar-refractivity contribution >= 4 is 33.5 Å². The van der Waals surface area contributed by atoms with E-state index in [-0.39, 0.29) is 17.2 Å². The third-order valence-corrected chi connectivity index (χ3v) is 4.79. The Morgan fingerprint density at radius 3 is 2.61 bits per heavy atom. The van der Waals surface area contributed by atoms with Crippen molar-refractivity contribution < 1.29 is 14.7 Å². The monoisotopic (exact) mass is 377 g/mol. The zero-order valence-corrected chi connectivity index (χ0v) is 14.3. The molecular formula is C16H16BrN3O3. The van der Waals surface area contributed by atoms with Gasteiger partial charge in [-0.1, -0.05) is 6.07 Å². The van der Waals surface area contributed by atoms with Crippen LogP contribution in [0, 0.1) is 13.8 Å². The first-order valence-corrected chi connectivity index (χ1v) is 8.07. The number of anilines is 1. The van der Waals surface area contributed by atoms with Crippen LogP contribution < -0.4 is 5.32 Å².